The van der Waals surface area contributed by atoms with Gasteiger partial charge in [-0.15, -0.1) is 0 Å². The first-order valence-electron chi connectivity index (χ1n) is 7.01. The van der Waals surface area contributed by atoms with Crippen LogP contribution in [0.15, 0.2) is 29.2 Å². The molecule has 2 rings (SSSR count). The first-order valence-corrected chi connectivity index (χ1v) is 8.45. The summed E-state index contributed by atoms with van der Waals surface area (Å²) in [6.45, 7) is 1.99. The molecule has 0 radical (unpaired) electrons. The maximum Gasteiger partial charge on any atom is 0.242 e. The summed E-state index contributed by atoms with van der Waals surface area (Å²) in [4.78, 5) is 12.2. The number of hydrogen-bond acceptors (Lipinski definition) is 5. The molecule has 0 aliphatic carbocycles. The highest BCUT2D eigenvalue weighted by atomic mass is 32.2. The summed E-state index contributed by atoms with van der Waals surface area (Å²) < 4.78 is 30.3. The number of ether oxygens (including phenoxy) is 1. The predicted molar refractivity (Wildman–Crippen MR) is 81.8 cm³/mol. The van der Waals surface area contributed by atoms with Crippen molar-refractivity contribution >= 4 is 15.9 Å². The van der Waals surface area contributed by atoms with Crippen LogP contribution in [0.5, 0.6) is 0 Å². The second-order valence-electron chi connectivity index (χ2n) is 5.23. The number of amides is 1. The zero-order valence-corrected chi connectivity index (χ0v) is 13.5. The molecule has 0 aromatic heterocycles. The van der Waals surface area contributed by atoms with Crippen LogP contribution < -0.4 is 10.6 Å². The summed E-state index contributed by atoms with van der Waals surface area (Å²) in [6.07, 6.45) is 0. The van der Waals surface area contributed by atoms with Gasteiger partial charge in [0.05, 0.1) is 18.1 Å². The van der Waals surface area contributed by atoms with Crippen molar-refractivity contribution in [2.24, 2.45) is 0 Å². The minimum absolute atomic E-state index is 0.121. The smallest absolute Gasteiger partial charge is 0.242 e. The standard InChI is InChI=1S/C14H21N3O4S/c1-17(2)22(19,20)12-5-3-11(4-6-12)9-16-14(18)13-10-21-8-7-15-13/h3-6,13,15H,7-10H2,1-2H3,(H,16,18). The fourth-order valence-electron chi connectivity index (χ4n) is 2.04. The molecule has 22 heavy (non-hydrogen) atoms. The Labute approximate surface area is 130 Å². The predicted octanol–water partition coefficient (Wildman–Crippen LogP) is -0.458. The van der Waals surface area contributed by atoms with Crippen molar-refractivity contribution in [1.29, 1.82) is 0 Å². The minimum atomic E-state index is -3.42. The molecule has 1 aliphatic rings. The van der Waals surface area contributed by atoms with E-state index < -0.39 is 10.0 Å². The van der Waals surface area contributed by atoms with Crippen molar-refractivity contribution in [3.63, 3.8) is 0 Å². The highest BCUT2D eigenvalue weighted by molar-refractivity contribution is 7.89. The Bertz CT molecular complexity index is 607. The van der Waals surface area contributed by atoms with Crippen molar-refractivity contribution in [3.8, 4) is 0 Å². The number of sulfonamides is 1. The van der Waals surface area contributed by atoms with Crippen molar-refractivity contribution in [1.82, 2.24) is 14.9 Å². The first kappa shape index (κ1) is 16.9. The van der Waals surface area contributed by atoms with Gasteiger partial charge in [0.1, 0.15) is 6.04 Å². The molecule has 7 nitrogen and oxygen atoms in total. The van der Waals surface area contributed by atoms with E-state index >= 15 is 0 Å². The van der Waals surface area contributed by atoms with Crippen molar-refractivity contribution in [2.75, 3.05) is 33.9 Å². The molecule has 0 saturated carbocycles. The third kappa shape index (κ3) is 4.04. The van der Waals surface area contributed by atoms with Gasteiger partial charge in [-0.1, -0.05) is 12.1 Å². The van der Waals surface area contributed by atoms with Gasteiger partial charge in [-0.3, -0.25) is 4.79 Å². The lowest BCUT2D eigenvalue weighted by atomic mass is 10.2. The van der Waals surface area contributed by atoms with E-state index in [9.17, 15) is 13.2 Å². The van der Waals surface area contributed by atoms with Gasteiger partial charge in [0.2, 0.25) is 15.9 Å². The summed E-state index contributed by atoms with van der Waals surface area (Å²) in [5, 5.41) is 5.88. The van der Waals surface area contributed by atoms with Gasteiger partial charge in [-0.25, -0.2) is 12.7 Å². The quantitative estimate of drug-likeness (QED) is 0.764. The number of hydrogen-bond donors (Lipinski definition) is 2. The molecule has 1 aromatic carbocycles. The van der Waals surface area contributed by atoms with Crippen LogP contribution in [0.3, 0.4) is 0 Å². The Morgan fingerprint density at radius 1 is 1.36 bits per heavy atom. The Hall–Kier alpha value is -1.48. The zero-order chi connectivity index (χ0) is 16.2. The maximum atomic E-state index is 11.9. The molecule has 122 valence electrons. The second kappa shape index (κ2) is 7.19. The second-order valence-corrected chi connectivity index (χ2v) is 7.38. The van der Waals surface area contributed by atoms with Crippen molar-refractivity contribution < 1.29 is 17.9 Å². The molecule has 1 fully saturated rings. The molecule has 8 heteroatoms. The maximum absolute atomic E-state index is 11.9. The fourth-order valence-corrected chi connectivity index (χ4v) is 2.94. The van der Waals surface area contributed by atoms with Gasteiger partial charge in [-0.05, 0) is 17.7 Å². The Morgan fingerprint density at radius 2 is 2.05 bits per heavy atom. The van der Waals surface area contributed by atoms with Gasteiger partial charge in [-0.2, -0.15) is 0 Å². The summed E-state index contributed by atoms with van der Waals surface area (Å²) in [6, 6.07) is 6.14. The average Bonchev–Trinajstić information content (AvgIpc) is 2.53. The lowest BCUT2D eigenvalue weighted by molar-refractivity contribution is -0.126. The number of morpholine rings is 1. The fraction of sp³-hybridized carbons (Fsp3) is 0.500. The number of carbonyl (C=O) groups excluding carboxylic acids is 1. The van der Waals surface area contributed by atoms with Crippen molar-refractivity contribution in [2.45, 2.75) is 17.5 Å². The Morgan fingerprint density at radius 3 is 2.59 bits per heavy atom. The van der Waals surface area contributed by atoms with E-state index in [1.165, 1.54) is 18.4 Å². The number of carbonyl (C=O) groups is 1. The minimum Gasteiger partial charge on any atom is -0.378 e. The normalized spacial score (nSPS) is 19.1. The molecular formula is C14H21N3O4S. The molecule has 1 saturated heterocycles. The largest absolute Gasteiger partial charge is 0.378 e. The molecular weight excluding hydrogens is 306 g/mol. The molecule has 1 amide bonds. The zero-order valence-electron chi connectivity index (χ0n) is 12.7. The SMILES string of the molecule is CN(C)S(=O)(=O)c1ccc(CNC(=O)C2COCCN2)cc1. The molecule has 1 unspecified atom stereocenters. The highest BCUT2D eigenvalue weighted by Gasteiger charge is 2.21. The first-order chi connectivity index (χ1) is 10.4. The van der Waals surface area contributed by atoms with Gasteiger partial charge in [0, 0.05) is 27.2 Å². The van der Waals surface area contributed by atoms with Gasteiger partial charge in [0.25, 0.3) is 0 Å². The topological polar surface area (TPSA) is 87.7 Å². The van der Waals surface area contributed by atoms with Gasteiger partial charge < -0.3 is 15.4 Å². The molecule has 1 aliphatic heterocycles. The lowest BCUT2D eigenvalue weighted by Crippen LogP contribution is -2.51. The van der Waals surface area contributed by atoms with E-state index in [0.717, 1.165) is 5.56 Å². The summed E-state index contributed by atoms with van der Waals surface area (Å²) in [7, 11) is -0.445. The van der Waals surface area contributed by atoms with Crippen LogP contribution in [-0.2, 0) is 26.1 Å². The van der Waals surface area contributed by atoms with Gasteiger partial charge in [0.15, 0.2) is 0 Å². The lowest BCUT2D eigenvalue weighted by Gasteiger charge is -2.22. The van der Waals surface area contributed by atoms with Crippen LogP contribution in [-0.4, -0.2) is 58.5 Å². The van der Waals surface area contributed by atoms with Crippen molar-refractivity contribution in [3.05, 3.63) is 29.8 Å². The van der Waals surface area contributed by atoms with E-state index in [2.05, 4.69) is 10.6 Å². The Balaban J connectivity index is 1.93. The third-order valence-corrected chi connectivity index (χ3v) is 5.24. The molecule has 1 atom stereocenters. The van der Waals surface area contributed by atoms with Crippen LogP contribution in [0.25, 0.3) is 0 Å². The molecule has 0 spiro atoms. The van der Waals surface area contributed by atoms with E-state index in [4.69, 9.17) is 4.74 Å². The molecule has 2 N–H and O–H groups in total. The summed E-state index contributed by atoms with van der Waals surface area (Å²) in [5.74, 6) is -0.121. The van der Waals surface area contributed by atoms with Crippen LogP contribution in [0, 0.1) is 0 Å². The number of rotatable bonds is 5. The Kier molecular flexibility index (Phi) is 5.52. The van der Waals surface area contributed by atoms with E-state index in [1.807, 2.05) is 0 Å². The molecule has 1 heterocycles. The summed E-state index contributed by atoms with van der Waals surface area (Å²) >= 11 is 0. The monoisotopic (exact) mass is 327 g/mol. The number of nitrogens with one attached hydrogen (secondary N) is 2. The highest BCUT2D eigenvalue weighted by Crippen LogP contribution is 2.13. The van der Waals surface area contributed by atoms with E-state index in [1.54, 1.807) is 24.3 Å². The van der Waals surface area contributed by atoms with Crippen LogP contribution in [0.4, 0.5) is 0 Å². The molecule has 0 bridgehead atoms. The summed E-state index contributed by atoms with van der Waals surface area (Å²) in [5.41, 5.74) is 0.836. The van der Waals surface area contributed by atoms with Gasteiger partial charge >= 0.3 is 0 Å². The molecule has 1 aromatic rings. The average molecular weight is 327 g/mol. The van der Waals surface area contributed by atoms with Crippen LogP contribution in [0.1, 0.15) is 5.56 Å². The number of nitrogens with zero attached hydrogens (tertiary/aromatic N) is 1. The van der Waals surface area contributed by atoms with E-state index in [0.29, 0.717) is 26.3 Å². The third-order valence-electron chi connectivity index (χ3n) is 3.41. The number of benzene rings is 1. The van der Waals surface area contributed by atoms with Crippen LogP contribution >= 0.6 is 0 Å². The van der Waals surface area contributed by atoms with Crippen LogP contribution in [0.2, 0.25) is 0 Å². The van der Waals surface area contributed by atoms with E-state index in [-0.39, 0.29) is 16.8 Å².